The molecule has 0 aromatic carbocycles. The van der Waals surface area contributed by atoms with Crippen molar-refractivity contribution in [1.82, 2.24) is 4.90 Å². The molecule has 19 heavy (non-hydrogen) atoms. The minimum absolute atomic E-state index is 0.158. The molecule has 1 fully saturated rings. The highest BCUT2D eigenvalue weighted by Crippen LogP contribution is 2.38. The minimum Gasteiger partial charge on any atom is -0.392 e. The molecular formula is C15H21NO2S. The predicted molar refractivity (Wildman–Crippen MR) is 76.1 cm³/mol. The molecule has 0 spiro atoms. The van der Waals surface area contributed by atoms with Crippen LogP contribution in [0, 0.1) is 5.92 Å². The molecule has 0 bridgehead atoms. The first-order valence-corrected chi connectivity index (χ1v) is 8.15. The summed E-state index contributed by atoms with van der Waals surface area (Å²) in [4.78, 5) is 16.1. The van der Waals surface area contributed by atoms with Gasteiger partial charge in [0.15, 0.2) is 0 Å². The summed E-state index contributed by atoms with van der Waals surface area (Å²) in [5.41, 5.74) is 1.33. The molecule has 3 rings (SSSR count). The molecule has 104 valence electrons. The van der Waals surface area contributed by atoms with Crippen LogP contribution in [0.25, 0.3) is 0 Å². The quantitative estimate of drug-likeness (QED) is 0.904. The minimum atomic E-state index is -0.422. The molecule has 4 heteroatoms. The van der Waals surface area contributed by atoms with Gasteiger partial charge in [0, 0.05) is 11.4 Å². The van der Waals surface area contributed by atoms with Crippen LogP contribution in [0.15, 0.2) is 11.4 Å². The van der Waals surface area contributed by atoms with Crippen molar-refractivity contribution in [2.24, 2.45) is 5.92 Å². The lowest BCUT2D eigenvalue weighted by Crippen LogP contribution is -2.44. The van der Waals surface area contributed by atoms with E-state index in [9.17, 15) is 9.90 Å². The molecule has 2 heterocycles. The van der Waals surface area contributed by atoms with Gasteiger partial charge >= 0.3 is 0 Å². The van der Waals surface area contributed by atoms with Crippen LogP contribution < -0.4 is 0 Å². The summed E-state index contributed by atoms with van der Waals surface area (Å²) in [5.74, 6) is 0.0166. The third-order valence-electron chi connectivity index (χ3n) is 4.56. The average molecular weight is 279 g/mol. The number of amides is 1. The highest BCUT2D eigenvalue weighted by atomic mass is 32.1. The lowest BCUT2D eigenvalue weighted by Gasteiger charge is -2.37. The molecule has 3 nitrogen and oxygen atoms in total. The average Bonchev–Trinajstić information content (AvgIpc) is 3.04. The zero-order valence-corrected chi connectivity index (χ0v) is 12.2. The molecule has 3 unspecified atom stereocenters. The number of fused-ring (bicyclic) bond motifs is 1. The molecule has 1 aliphatic carbocycles. The van der Waals surface area contributed by atoms with Crippen molar-refractivity contribution in [1.29, 1.82) is 0 Å². The zero-order valence-electron chi connectivity index (χ0n) is 11.3. The van der Waals surface area contributed by atoms with Gasteiger partial charge in [0.2, 0.25) is 5.91 Å². The second-order valence-electron chi connectivity index (χ2n) is 5.61. The molecule has 1 aliphatic heterocycles. The van der Waals surface area contributed by atoms with Gasteiger partial charge in [-0.1, -0.05) is 6.92 Å². The molecule has 0 radical (unpaired) electrons. The van der Waals surface area contributed by atoms with E-state index in [-0.39, 0.29) is 17.9 Å². The van der Waals surface area contributed by atoms with Crippen LogP contribution in [0.3, 0.4) is 0 Å². The Morgan fingerprint density at radius 3 is 3.05 bits per heavy atom. The largest absolute Gasteiger partial charge is 0.392 e. The highest BCUT2D eigenvalue weighted by Gasteiger charge is 2.38. The van der Waals surface area contributed by atoms with E-state index in [1.807, 2.05) is 4.90 Å². The van der Waals surface area contributed by atoms with Crippen molar-refractivity contribution in [3.8, 4) is 0 Å². The summed E-state index contributed by atoms with van der Waals surface area (Å²) in [6.07, 6.45) is 4.12. The van der Waals surface area contributed by atoms with Gasteiger partial charge in [-0.2, -0.15) is 0 Å². The van der Waals surface area contributed by atoms with Crippen molar-refractivity contribution in [2.75, 3.05) is 6.54 Å². The number of thiophene rings is 1. The number of aliphatic hydroxyl groups excluding tert-OH is 1. The van der Waals surface area contributed by atoms with Gasteiger partial charge in [-0.15, -0.1) is 11.3 Å². The van der Waals surface area contributed by atoms with Gasteiger partial charge < -0.3 is 10.0 Å². The Labute approximate surface area is 118 Å². The maximum atomic E-state index is 12.7. The van der Waals surface area contributed by atoms with Crippen molar-refractivity contribution in [3.05, 3.63) is 21.9 Å². The Kier molecular flexibility index (Phi) is 3.63. The molecular weight excluding hydrogens is 258 g/mol. The smallest absolute Gasteiger partial charge is 0.228 e. The third-order valence-corrected chi connectivity index (χ3v) is 5.56. The van der Waals surface area contributed by atoms with Crippen LogP contribution in [-0.4, -0.2) is 28.6 Å². The van der Waals surface area contributed by atoms with Gasteiger partial charge in [0.05, 0.1) is 18.1 Å². The number of aliphatic hydroxyl groups is 1. The Morgan fingerprint density at radius 1 is 1.53 bits per heavy atom. The van der Waals surface area contributed by atoms with Crippen molar-refractivity contribution < 1.29 is 9.90 Å². The molecule has 1 saturated carbocycles. The number of nitrogens with zero attached hydrogens (tertiary/aromatic N) is 1. The van der Waals surface area contributed by atoms with E-state index in [0.717, 1.165) is 38.6 Å². The lowest BCUT2D eigenvalue weighted by atomic mass is 9.94. The van der Waals surface area contributed by atoms with Gasteiger partial charge in [0.25, 0.3) is 0 Å². The Morgan fingerprint density at radius 2 is 2.37 bits per heavy atom. The number of carbonyl (C=O) groups excluding carboxylic acids is 1. The zero-order chi connectivity index (χ0) is 13.4. The number of hydrogen-bond donors (Lipinski definition) is 1. The van der Waals surface area contributed by atoms with Gasteiger partial charge in [-0.25, -0.2) is 0 Å². The Bertz CT molecular complexity index is 470. The van der Waals surface area contributed by atoms with Crippen molar-refractivity contribution in [3.63, 3.8) is 0 Å². The molecule has 1 amide bonds. The summed E-state index contributed by atoms with van der Waals surface area (Å²) in [6.45, 7) is 2.96. The first-order chi connectivity index (χ1) is 9.22. The first-order valence-electron chi connectivity index (χ1n) is 7.27. The molecule has 1 aromatic heterocycles. The number of carbonyl (C=O) groups is 1. The van der Waals surface area contributed by atoms with Crippen LogP contribution in [0.4, 0.5) is 0 Å². The van der Waals surface area contributed by atoms with E-state index >= 15 is 0 Å². The molecule has 1 aromatic rings. The van der Waals surface area contributed by atoms with E-state index in [0.29, 0.717) is 0 Å². The van der Waals surface area contributed by atoms with Crippen LogP contribution in [0.1, 0.15) is 49.1 Å². The first kappa shape index (κ1) is 13.1. The fraction of sp³-hybridized carbons (Fsp3) is 0.667. The Hall–Kier alpha value is -0.870. The summed E-state index contributed by atoms with van der Waals surface area (Å²) in [5, 5.41) is 12.1. The molecule has 1 N–H and O–H groups in total. The second-order valence-corrected chi connectivity index (χ2v) is 6.61. The molecule has 0 saturated heterocycles. The van der Waals surface area contributed by atoms with E-state index < -0.39 is 6.10 Å². The van der Waals surface area contributed by atoms with Crippen molar-refractivity contribution in [2.45, 2.75) is 51.2 Å². The third kappa shape index (κ3) is 2.21. The number of rotatable bonds is 2. The summed E-state index contributed by atoms with van der Waals surface area (Å²) >= 11 is 1.80. The maximum absolute atomic E-state index is 12.7. The van der Waals surface area contributed by atoms with E-state index in [1.54, 1.807) is 11.3 Å². The predicted octanol–water partition coefficient (Wildman–Crippen LogP) is 2.74. The van der Waals surface area contributed by atoms with E-state index in [2.05, 4.69) is 18.4 Å². The lowest BCUT2D eigenvalue weighted by molar-refractivity contribution is -0.141. The van der Waals surface area contributed by atoms with Crippen LogP contribution in [0.2, 0.25) is 0 Å². The van der Waals surface area contributed by atoms with Gasteiger partial charge in [-0.05, 0) is 49.1 Å². The normalized spacial score (nSPS) is 30.4. The summed E-state index contributed by atoms with van der Waals surface area (Å²) in [6, 6.07) is 2.38. The van der Waals surface area contributed by atoms with Crippen LogP contribution in [-0.2, 0) is 11.2 Å². The fourth-order valence-corrected chi connectivity index (χ4v) is 4.47. The summed E-state index contributed by atoms with van der Waals surface area (Å²) < 4.78 is 0. The Balaban J connectivity index is 1.83. The monoisotopic (exact) mass is 279 g/mol. The van der Waals surface area contributed by atoms with E-state index in [1.165, 1.54) is 10.4 Å². The molecule has 3 atom stereocenters. The molecule has 2 aliphatic rings. The van der Waals surface area contributed by atoms with Gasteiger partial charge in [-0.3, -0.25) is 4.79 Å². The van der Waals surface area contributed by atoms with Crippen LogP contribution in [0.5, 0.6) is 0 Å². The highest BCUT2D eigenvalue weighted by molar-refractivity contribution is 7.10. The topological polar surface area (TPSA) is 40.5 Å². The van der Waals surface area contributed by atoms with Crippen molar-refractivity contribution >= 4 is 17.2 Å². The van der Waals surface area contributed by atoms with Crippen LogP contribution >= 0.6 is 11.3 Å². The van der Waals surface area contributed by atoms with E-state index in [4.69, 9.17) is 0 Å². The second kappa shape index (κ2) is 5.25. The van der Waals surface area contributed by atoms with Gasteiger partial charge in [0.1, 0.15) is 0 Å². The fourth-order valence-electron chi connectivity index (χ4n) is 3.54. The maximum Gasteiger partial charge on any atom is 0.228 e. The number of hydrogen-bond acceptors (Lipinski definition) is 3. The summed E-state index contributed by atoms with van der Waals surface area (Å²) in [7, 11) is 0. The standard InChI is InChI=1S/C15H21NO2S/c1-2-12-10-7-9-19-14(10)6-8-16(12)15(18)11-4-3-5-13(11)17/h7,9,11-13,17H,2-6,8H2,1H3. The SMILES string of the molecule is CCC1c2ccsc2CCN1C(=O)C1CCCC1O.